The van der Waals surface area contributed by atoms with Gasteiger partial charge in [0.2, 0.25) is 0 Å². The number of aromatic nitrogens is 3. The van der Waals surface area contributed by atoms with Gasteiger partial charge in [0.1, 0.15) is 0 Å². The maximum Gasteiger partial charge on any atom is 0.155 e. The fraction of sp³-hybridized carbons (Fsp3) is 0.571. The molecule has 0 fully saturated rings. The molecule has 0 aliphatic rings. The molecule has 0 unspecified atom stereocenters. The maximum atomic E-state index is 4.60. The van der Waals surface area contributed by atoms with Crippen LogP contribution in [-0.2, 0) is 12.0 Å². The van der Waals surface area contributed by atoms with Crippen molar-refractivity contribution >= 4 is 5.65 Å². The molecule has 1 N–H and O–H groups in total. The van der Waals surface area contributed by atoms with E-state index in [-0.39, 0.29) is 5.41 Å². The molecule has 0 bridgehead atoms. The minimum atomic E-state index is 0.0638. The maximum absolute atomic E-state index is 4.60. The van der Waals surface area contributed by atoms with E-state index in [1.165, 1.54) is 5.56 Å². The molecule has 0 amide bonds. The first kappa shape index (κ1) is 13.0. The lowest BCUT2D eigenvalue weighted by Gasteiger charge is -2.13. The van der Waals surface area contributed by atoms with Crippen LogP contribution in [0.2, 0.25) is 0 Å². The van der Waals surface area contributed by atoms with Crippen LogP contribution in [0.3, 0.4) is 0 Å². The second-order valence-corrected chi connectivity index (χ2v) is 5.72. The van der Waals surface area contributed by atoms with E-state index in [1.807, 2.05) is 10.7 Å². The zero-order chi connectivity index (χ0) is 13.2. The molecule has 0 saturated heterocycles. The molecular weight excluding hydrogens is 224 g/mol. The Labute approximate surface area is 108 Å². The Morgan fingerprint density at radius 1 is 1.33 bits per heavy atom. The second-order valence-electron chi connectivity index (χ2n) is 5.72. The van der Waals surface area contributed by atoms with Gasteiger partial charge in [0.15, 0.2) is 5.65 Å². The highest BCUT2D eigenvalue weighted by Gasteiger charge is 2.18. The zero-order valence-corrected chi connectivity index (χ0v) is 11.7. The van der Waals surface area contributed by atoms with Crippen LogP contribution in [0.5, 0.6) is 0 Å². The van der Waals surface area contributed by atoms with Gasteiger partial charge >= 0.3 is 0 Å². The van der Waals surface area contributed by atoms with Crippen molar-refractivity contribution in [1.82, 2.24) is 19.9 Å². The Balaban J connectivity index is 2.23. The van der Waals surface area contributed by atoms with Gasteiger partial charge in [0.05, 0.1) is 5.69 Å². The van der Waals surface area contributed by atoms with E-state index in [2.05, 4.69) is 55.4 Å². The van der Waals surface area contributed by atoms with Crippen LogP contribution >= 0.6 is 0 Å². The molecule has 0 saturated carbocycles. The van der Waals surface area contributed by atoms with Crippen molar-refractivity contribution in [2.24, 2.45) is 0 Å². The van der Waals surface area contributed by atoms with Crippen LogP contribution in [0.1, 0.15) is 45.4 Å². The highest BCUT2D eigenvalue weighted by Crippen LogP contribution is 2.21. The largest absolute Gasteiger partial charge is 0.313 e. The molecule has 0 aliphatic heterocycles. The smallest absolute Gasteiger partial charge is 0.155 e. The predicted octanol–water partition coefficient (Wildman–Crippen LogP) is 2.53. The Morgan fingerprint density at radius 3 is 2.78 bits per heavy atom. The van der Waals surface area contributed by atoms with Gasteiger partial charge < -0.3 is 5.32 Å². The normalized spacial score (nSPS) is 12.2. The molecule has 18 heavy (non-hydrogen) atoms. The third-order valence-corrected chi connectivity index (χ3v) is 2.89. The molecule has 4 heteroatoms. The molecule has 4 nitrogen and oxygen atoms in total. The van der Waals surface area contributed by atoms with Gasteiger partial charge in [-0.3, -0.25) is 0 Å². The Kier molecular flexibility index (Phi) is 3.66. The van der Waals surface area contributed by atoms with Crippen LogP contribution in [0.25, 0.3) is 5.65 Å². The van der Waals surface area contributed by atoms with Crippen LogP contribution in [0.15, 0.2) is 18.5 Å². The lowest BCUT2D eigenvalue weighted by atomic mass is 9.93. The van der Waals surface area contributed by atoms with Crippen molar-refractivity contribution in [1.29, 1.82) is 0 Å². The number of fused-ring (bicyclic) bond motifs is 1. The molecule has 0 aromatic carbocycles. The number of hydrogen-bond acceptors (Lipinski definition) is 3. The summed E-state index contributed by atoms with van der Waals surface area (Å²) in [5, 5.41) is 7.97. The summed E-state index contributed by atoms with van der Waals surface area (Å²) in [5.41, 5.74) is 3.22. The molecule has 0 radical (unpaired) electrons. The van der Waals surface area contributed by atoms with Crippen LogP contribution in [0.4, 0.5) is 0 Å². The van der Waals surface area contributed by atoms with Gasteiger partial charge in [-0.05, 0) is 13.0 Å². The molecule has 98 valence electrons. The highest BCUT2D eigenvalue weighted by atomic mass is 15.2. The fourth-order valence-corrected chi connectivity index (χ4v) is 1.78. The monoisotopic (exact) mass is 246 g/mol. The Bertz CT molecular complexity index is 522. The molecule has 0 spiro atoms. The summed E-state index contributed by atoms with van der Waals surface area (Å²) in [6.45, 7) is 10.5. The number of rotatable bonds is 4. The van der Waals surface area contributed by atoms with Crippen LogP contribution in [0, 0.1) is 0 Å². The molecule has 2 heterocycles. The van der Waals surface area contributed by atoms with Gasteiger partial charge in [0, 0.05) is 36.0 Å². The standard InChI is InChI=1S/C14H22N4/c1-5-6-15-8-11-9-16-13-7-12(14(2,3)4)17-18(13)10-11/h7,9-10,15H,5-6,8H2,1-4H3. The van der Waals surface area contributed by atoms with Gasteiger partial charge in [0.25, 0.3) is 0 Å². The van der Waals surface area contributed by atoms with E-state index < -0.39 is 0 Å². The Morgan fingerprint density at radius 2 is 2.11 bits per heavy atom. The van der Waals surface area contributed by atoms with Crippen molar-refractivity contribution < 1.29 is 0 Å². The number of nitrogens with one attached hydrogen (secondary N) is 1. The van der Waals surface area contributed by atoms with Gasteiger partial charge in [-0.25, -0.2) is 9.50 Å². The van der Waals surface area contributed by atoms with Crippen molar-refractivity contribution in [2.75, 3.05) is 6.54 Å². The first-order valence-electron chi connectivity index (χ1n) is 6.56. The average molecular weight is 246 g/mol. The second kappa shape index (κ2) is 5.06. The van der Waals surface area contributed by atoms with Crippen molar-refractivity contribution in [2.45, 2.75) is 46.1 Å². The summed E-state index contributed by atoms with van der Waals surface area (Å²) in [6, 6.07) is 2.06. The van der Waals surface area contributed by atoms with E-state index >= 15 is 0 Å². The first-order chi connectivity index (χ1) is 8.50. The van der Waals surface area contributed by atoms with Crippen LogP contribution < -0.4 is 5.32 Å². The third-order valence-electron chi connectivity index (χ3n) is 2.89. The number of nitrogens with zero attached hydrogens (tertiary/aromatic N) is 3. The fourth-order valence-electron chi connectivity index (χ4n) is 1.78. The lowest BCUT2D eigenvalue weighted by Crippen LogP contribution is -2.14. The first-order valence-corrected chi connectivity index (χ1v) is 6.56. The minimum Gasteiger partial charge on any atom is -0.313 e. The summed E-state index contributed by atoms with van der Waals surface area (Å²) in [7, 11) is 0. The highest BCUT2D eigenvalue weighted by molar-refractivity contribution is 5.41. The number of hydrogen-bond donors (Lipinski definition) is 1. The molecule has 2 rings (SSSR count). The third kappa shape index (κ3) is 2.88. The lowest BCUT2D eigenvalue weighted by molar-refractivity contribution is 0.562. The van der Waals surface area contributed by atoms with E-state index in [9.17, 15) is 0 Å². The van der Waals surface area contributed by atoms with Gasteiger partial charge in [-0.2, -0.15) is 5.10 Å². The van der Waals surface area contributed by atoms with E-state index in [1.54, 1.807) is 0 Å². The average Bonchev–Trinajstić information content (AvgIpc) is 2.72. The minimum absolute atomic E-state index is 0.0638. The van der Waals surface area contributed by atoms with E-state index in [0.29, 0.717) is 0 Å². The van der Waals surface area contributed by atoms with Gasteiger partial charge in [-0.1, -0.05) is 27.7 Å². The molecule has 0 atom stereocenters. The summed E-state index contributed by atoms with van der Waals surface area (Å²) in [4.78, 5) is 4.45. The SMILES string of the molecule is CCCNCc1cnc2cc(C(C)(C)C)nn2c1. The molecular formula is C14H22N4. The quantitative estimate of drug-likeness (QED) is 0.843. The van der Waals surface area contributed by atoms with Crippen molar-refractivity contribution in [3.8, 4) is 0 Å². The Hall–Kier alpha value is -1.42. The topological polar surface area (TPSA) is 42.2 Å². The zero-order valence-electron chi connectivity index (χ0n) is 11.7. The molecule has 2 aromatic rings. The summed E-state index contributed by atoms with van der Waals surface area (Å²) >= 11 is 0. The summed E-state index contributed by atoms with van der Waals surface area (Å²) in [5.74, 6) is 0. The summed E-state index contributed by atoms with van der Waals surface area (Å²) < 4.78 is 1.88. The molecule has 0 aliphatic carbocycles. The predicted molar refractivity (Wildman–Crippen MR) is 73.7 cm³/mol. The van der Waals surface area contributed by atoms with Crippen molar-refractivity contribution in [3.05, 3.63) is 29.7 Å². The molecule has 2 aromatic heterocycles. The van der Waals surface area contributed by atoms with E-state index in [4.69, 9.17) is 0 Å². The van der Waals surface area contributed by atoms with Gasteiger partial charge in [-0.15, -0.1) is 0 Å². The van der Waals surface area contributed by atoms with E-state index in [0.717, 1.165) is 30.9 Å². The summed E-state index contributed by atoms with van der Waals surface area (Å²) in [6.07, 6.45) is 5.12. The van der Waals surface area contributed by atoms with Crippen LogP contribution in [-0.4, -0.2) is 21.1 Å². The van der Waals surface area contributed by atoms with Crippen molar-refractivity contribution in [3.63, 3.8) is 0 Å².